The third kappa shape index (κ3) is 2.05. The molecule has 2 aliphatic rings. The van der Waals surface area contributed by atoms with Gasteiger partial charge in [-0.15, -0.1) is 0 Å². The van der Waals surface area contributed by atoms with Gasteiger partial charge in [0.15, 0.2) is 0 Å². The molecule has 3 rings (SSSR count). The van der Waals surface area contributed by atoms with E-state index in [4.69, 9.17) is 0 Å². The van der Waals surface area contributed by atoms with Gasteiger partial charge in [-0.3, -0.25) is 0 Å². The molecule has 2 saturated heterocycles. The van der Waals surface area contributed by atoms with E-state index in [0.29, 0.717) is 17.8 Å². The number of piperidine rings is 1. The molecule has 4 unspecified atom stereocenters. The van der Waals surface area contributed by atoms with Gasteiger partial charge < -0.3 is 15.5 Å². The number of aliphatic hydroxyl groups excluding tert-OH is 1. The summed E-state index contributed by atoms with van der Waals surface area (Å²) in [5.41, 5.74) is 0.948. The molecule has 92 valence electrons. The van der Waals surface area contributed by atoms with Crippen LogP contribution in [0.3, 0.4) is 0 Å². The summed E-state index contributed by atoms with van der Waals surface area (Å²) < 4.78 is 0. The van der Waals surface area contributed by atoms with Crippen LogP contribution in [0.25, 0.3) is 0 Å². The Morgan fingerprint density at radius 3 is 2.88 bits per heavy atom. The highest BCUT2D eigenvalue weighted by molar-refractivity contribution is 5.32. The largest absolute Gasteiger partial charge is 0.508 e. The molecule has 2 aliphatic heterocycles. The second-order valence-corrected chi connectivity index (χ2v) is 5.35. The van der Waals surface area contributed by atoms with Crippen molar-refractivity contribution in [2.75, 3.05) is 0 Å². The summed E-state index contributed by atoms with van der Waals surface area (Å²) in [7, 11) is 0. The van der Waals surface area contributed by atoms with Crippen molar-refractivity contribution < 1.29 is 10.2 Å². The molecule has 17 heavy (non-hydrogen) atoms. The third-order valence-electron chi connectivity index (χ3n) is 4.26. The molecule has 1 aromatic carbocycles. The van der Waals surface area contributed by atoms with Gasteiger partial charge in [-0.1, -0.05) is 18.2 Å². The molecule has 0 radical (unpaired) electrons. The minimum atomic E-state index is -0.228. The highest BCUT2D eigenvalue weighted by atomic mass is 16.3. The van der Waals surface area contributed by atoms with Crippen LogP contribution in [-0.4, -0.2) is 28.4 Å². The normalized spacial score (nSPS) is 36.1. The van der Waals surface area contributed by atoms with E-state index in [1.54, 1.807) is 6.07 Å². The van der Waals surface area contributed by atoms with Crippen molar-refractivity contribution in [1.82, 2.24) is 5.32 Å². The number of aromatic hydroxyl groups is 1. The number of aliphatic hydroxyl groups is 1. The number of benzene rings is 1. The number of hydrogen-bond acceptors (Lipinski definition) is 3. The van der Waals surface area contributed by atoms with Gasteiger partial charge in [0, 0.05) is 18.0 Å². The van der Waals surface area contributed by atoms with Gasteiger partial charge in [-0.2, -0.15) is 0 Å². The predicted octanol–water partition coefficient (Wildman–Crippen LogP) is 1.44. The summed E-state index contributed by atoms with van der Waals surface area (Å²) in [6, 6.07) is 8.37. The second kappa shape index (κ2) is 4.31. The van der Waals surface area contributed by atoms with Crippen LogP contribution in [0.5, 0.6) is 5.75 Å². The summed E-state index contributed by atoms with van der Waals surface area (Å²) in [6.07, 6.45) is 3.72. The van der Waals surface area contributed by atoms with E-state index < -0.39 is 0 Å². The molecular formula is C14H19NO2. The molecule has 0 amide bonds. The standard InChI is InChI=1S/C14H19NO2/c16-13-4-2-1-3-9(13)7-11-12-6-5-10(15-12)8-14(11)17/h1-4,10-12,14-17H,5-8H2. The summed E-state index contributed by atoms with van der Waals surface area (Å²) in [4.78, 5) is 0. The number of fused-ring (bicyclic) bond motifs is 2. The molecule has 3 nitrogen and oxygen atoms in total. The van der Waals surface area contributed by atoms with Gasteiger partial charge in [-0.25, -0.2) is 0 Å². The van der Waals surface area contributed by atoms with Gasteiger partial charge in [0.1, 0.15) is 5.75 Å². The zero-order valence-electron chi connectivity index (χ0n) is 9.84. The molecular weight excluding hydrogens is 214 g/mol. The lowest BCUT2D eigenvalue weighted by Gasteiger charge is -2.34. The first-order chi connectivity index (χ1) is 8.24. The molecule has 0 saturated carbocycles. The smallest absolute Gasteiger partial charge is 0.118 e. The fourth-order valence-electron chi connectivity index (χ4n) is 3.32. The number of nitrogens with one attached hydrogen (secondary N) is 1. The lowest BCUT2D eigenvalue weighted by molar-refractivity contribution is 0.0523. The average molecular weight is 233 g/mol. The first kappa shape index (κ1) is 11.1. The highest BCUT2D eigenvalue weighted by Crippen LogP contribution is 2.34. The minimum absolute atomic E-state index is 0.228. The van der Waals surface area contributed by atoms with E-state index in [1.807, 2.05) is 18.2 Å². The fourth-order valence-corrected chi connectivity index (χ4v) is 3.32. The van der Waals surface area contributed by atoms with Gasteiger partial charge in [-0.05, 0) is 37.3 Å². The van der Waals surface area contributed by atoms with E-state index in [2.05, 4.69) is 5.32 Å². The van der Waals surface area contributed by atoms with Gasteiger partial charge in [0.05, 0.1) is 6.10 Å². The number of para-hydroxylation sites is 1. The molecule has 0 aromatic heterocycles. The number of phenolic OH excluding ortho intramolecular Hbond substituents is 1. The monoisotopic (exact) mass is 233 g/mol. The predicted molar refractivity (Wildman–Crippen MR) is 65.9 cm³/mol. The molecule has 2 bridgehead atoms. The molecule has 0 aliphatic carbocycles. The molecule has 1 aromatic rings. The molecule has 2 fully saturated rings. The minimum Gasteiger partial charge on any atom is -0.508 e. The molecule has 0 spiro atoms. The van der Waals surface area contributed by atoms with E-state index in [-0.39, 0.29) is 12.0 Å². The summed E-state index contributed by atoms with van der Waals surface area (Å²) in [6.45, 7) is 0. The van der Waals surface area contributed by atoms with Crippen LogP contribution >= 0.6 is 0 Å². The van der Waals surface area contributed by atoms with Crippen molar-refractivity contribution in [2.45, 2.75) is 43.9 Å². The number of phenols is 1. The summed E-state index contributed by atoms with van der Waals surface area (Å²) in [5.74, 6) is 0.585. The Kier molecular flexibility index (Phi) is 2.81. The molecule has 3 heteroatoms. The maximum atomic E-state index is 10.2. The average Bonchev–Trinajstić information content (AvgIpc) is 2.70. The van der Waals surface area contributed by atoms with Crippen molar-refractivity contribution in [3.8, 4) is 5.75 Å². The van der Waals surface area contributed by atoms with E-state index in [1.165, 1.54) is 6.42 Å². The zero-order valence-corrected chi connectivity index (χ0v) is 9.84. The summed E-state index contributed by atoms with van der Waals surface area (Å²) >= 11 is 0. The van der Waals surface area contributed by atoms with Crippen LogP contribution in [0.1, 0.15) is 24.8 Å². The summed E-state index contributed by atoms with van der Waals surface area (Å²) in [5, 5.41) is 23.5. The Labute approximate surface area is 101 Å². The van der Waals surface area contributed by atoms with Gasteiger partial charge in [0.25, 0.3) is 0 Å². The van der Waals surface area contributed by atoms with E-state index >= 15 is 0 Å². The van der Waals surface area contributed by atoms with E-state index in [0.717, 1.165) is 24.8 Å². The Morgan fingerprint density at radius 1 is 1.24 bits per heavy atom. The van der Waals surface area contributed by atoms with Crippen molar-refractivity contribution in [1.29, 1.82) is 0 Å². The van der Waals surface area contributed by atoms with Crippen LogP contribution in [0.2, 0.25) is 0 Å². The zero-order chi connectivity index (χ0) is 11.8. The van der Waals surface area contributed by atoms with Crippen LogP contribution in [-0.2, 0) is 6.42 Å². The number of hydrogen-bond donors (Lipinski definition) is 3. The fraction of sp³-hybridized carbons (Fsp3) is 0.571. The molecule has 4 atom stereocenters. The second-order valence-electron chi connectivity index (χ2n) is 5.35. The van der Waals surface area contributed by atoms with Crippen molar-refractivity contribution >= 4 is 0 Å². The Morgan fingerprint density at radius 2 is 2.06 bits per heavy atom. The van der Waals surface area contributed by atoms with E-state index in [9.17, 15) is 10.2 Å². The van der Waals surface area contributed by atoms with Crippen LogP contribution < -0.4 is 5.32 Å². The lowest BCUT2D eigenvalue weighted by Crippen LogP contribution is -2.48. The SMILES string of the molecule is Oc1ccccc1CC1C(O)CC2CCC1N2. The maximum Gasteiger partial charge on any atom is 0.118 e. The van der Waals surface area contributed by atoms with Crippen LogP contribution in [0.15, 0.2) is 24.3 Å². The first-order valence-corrected chi connectivity index (χ1v) is 6.45. The van der Waals surface area contributed by atoms with Crippen molar-refractivity contribution in [3.05, 3.63) is 29.8 Å². The number of rotatable bonds is 2. The highest BCUT2D eigenvalue weighted by Gasteiger charge is 2.40. The Bertz CT molecular complexity index is 407. The lowest BCUT2D eigenvalue weighted by atomic mass is 9.84. The van der Waals surface area contributed by atoms with Crippen LogP contribution in [0.4, 0.5) is 0 Å². The van der Waals surface area contributed by atoms with Crippen LogP contribution in [0, 0.1) is 5.92 Å². The molecule has 2 heterocycles. The van der Waals surface area contributed by atoms with Gasteiger partial charge in [0.2, 0.25) is 0 Å². The van der Waals surface area contributed by atoms with Gasteiger partial charge >= 0.3 is 0 Å². The van der Waals surface area contributed by atoms with Crippen molar-refractivity contribution in [3.63, 3.8) is 0 Å². The third-order valence-corrected chi connectivity index (χ3v) is 4.26. The van der Waals surface area contributed by atoms with Crippen molar-refractivity contribution in [2.24, 2.45) is 5.92 Å². The molecule has 3 N–H and O–H groups in total. The topological polar surface area (TPSA) is 52.5 Å². The Balaban J connectivity index is 1.78. The Hall–Kier alpha value is -1.06. The maximum absolute atomic E-state index is 10.2. The first-order valence-electron chi connectivity index (χ1n) is 6.45. The quantitative estimate of drug-likeness (QED) is 0.724.